The summed E-state index contributed by atoms with van der Waals surface area (Å²) < 4.78 is 7.22. The number of fused-ring (bicyclic) bond motifs is 1. The van der Waals surface area contributed by atoms with Gasteiger partial charge in [-0.1, -0.05) is 36.4 Å². The molecule has 1 aliphatic rings. The Bertz CT molecular complexity index is 925. The molecule has 2 heterocycles. The highest BCUT2D eigenvalue weighted by molar-refractivity contribution is 6.10. The SMILES string of the molecule is CN(C(=O)c1cnn(CCN2CCOCC2)c1)c1cccc2ccccc12. The van der Waals surface area contributed by atoms with Gasteiger partial charge in [0, 0.05) is 38.3 Å². The van der Waals surface area contributed by atoms with Gasteiger partial charge in [-0.15, -0.1) is 0 Å². The van der Waals surface area contributed by atoms with E-state index in [4.69, 9.17) is 4.74 Å². The lowest BCUT2D eigenvalue weighted by Crippen LogP contribution is -2.38. The summed E-state index contributed by atoms with van der Waals surface area (Å²) in [5.41, 5.74) is 1.51. The second-order valence-corrected chi connectivity index (χ2v) is 6.81. The van der Waals surface area contributed by atoms with E-state index < -0.39 is 0 Å². The maximum absolute atomic E-state index is 13.0. The van der Waals surface area contributed by atoms with Crippen molar-refractivity contribution >= 4 is 22.4 Å². The van der Waals surface area contributed by atoms with Crippen LogP contribution in [-0.4, -0.2) is 60.5 Å². The molecule has 0 radical (unpaired) electrons. The van der Waals surface area contributed by atoms with Gasteiger partial charge in [0.15, 0.2) is 0 Å². The largest absolute Gasteiger partial charge is 0.379 e. The highest BCUT2D eigenvalue weighted by Gasteiger charge is 2.17. The zero-order valence-electron chi connectivity index (χ0n) is 15.5. The summed E-state index contributed by atoms with van der Waals surface area (Å²) in [6, 6.07) is 14.1. The Labute approximate surface area is 158 Å². The third kappa shape index (κ3) is 3.86. The van der Waals surface area contributed by atoms with Crippen molar-refractivity contribution in [1.82, 2.24) is 14.7 Å². The van der Waals surface area contributed by atoms with Crippen LogP contribution >= 0.6 is 0 Å². The van der Waals surface area contributed by atoms with Crippen molar-refractivity contribution in [3.8, 4) is 0 Å². The lowest BCUT2D eigenvalue weighted by Gasteiger charge is -2.26. The number of carbonyl (C=O) groups is 1. The first-order valence-electron chi connectivity index (χ1n) is 9.31. The van der Waals surface area contributed by atoms with Crippen LogP contribution in [0.25, 0.3) is 10.8 Å². The van der Waals surface area contributed by atoms with Crippen LogP contribution < -0.4 is 4.90 Å². The second kappa shape index (κ2) is 7.90. The number of anilines is 1. The zero-order chi connectivity index (χ0) is 18.6. The lowest BCUT2D eigenvalue weighted by molar-refractivity contribution is 0.0359. The van der Waals surface area contributed by atoms with Crippen LogP contribution in [0, 0.1) is 0 Å². The summed E-state index contributed by atoms with van der Waals surface area (Å²) in [5, 5.41) is 6.56. The van der Waals surface area contributed by atoms with Crippen molar-refractivity contribution in [2.75, 3.05) is 44.8 Å². The molecule has 4 rings (SSSR count). The Morgan fingerprint density at radius 2 is 1.89 bits per heavy atom. The van der Waals surface area contributed by atoms with Crippen LogP contribution in [0.5, 0.6) is 0 Å². The highest BCUT2D eigenvalue weighted by atomic mass is 16.5. The third-order valence-electron chi connectivity index (χ3n) is 5.06. The van der Waals surface area contributed by atoms with Gasteiger partial charge in [0.05, 0.1) is 37.2 Å². The molecule has 1 fully saturated rings. The lowest BCUT2D eigenvalue weighted by atomic mass is 10.1. The maximum atomic E-state index is 13.0. The van der Waals surface area contributed by atoms with E-state index in [2.05, 4.69) is 22.1 Å². The summed E-state index contributed by atoms with van der Waals surface area (Å²) in [5.74, 6) is -0.0519. The molecular formula is C21H24N4O2. The van der Waals surface area contributed by atoms with Gasteiger partial charge in [-0.2, -0.15) is 5.10 Å². The molecule has 0 spiro atoms. The van der Waals surface area contributed by atoms with E-state index in [1.165, 1.54) is 0 Å². The van der Waals surface area contributed by atoms with E-state index in [0.29, 0.717) is 5.56 Å². The summed E-state index contributed by atoms with van der Waals surface area (Å²) in [7, 11) is 1.81. The van der Waals surface area contributed by atoms with Crippen molar-refractivity contribution in [2.24, 2.45) is 0 Å². The number of nitrogens with zero attached hydrogens (tertiary/aromatic N) is 4. The Kier molecular flexibility index (Phi) is 5.18. The maximum Gasteiger partial charge on any atom is 0.261 e. The van der Waals surface area contributed by atoms with Gasteiger partial charge in [-0.25, -0.2) is 0 Å². The Hall–Kier alpha value is -2.70. The molecule has 1 aliphatic heterocycles. The first-order chi connectivity index (χ1) is 13.2. The number of aromatic nitrogens is 2. The molecule has 1 saturated heterocycles. The van der Waals surface area contributed by atoms with Crippen molar-refractivity contribution in [3.63, 3.8) is 0 Å². The molecule has 6 nitrogen and oxygen atoms in total. The molecule has 0 aliphatic carbocycles. The quantitative estimate of drug-likeness (QED) is 0.698. The smallest absolute Gasteiger partial charge is 0.261 e. The fourth-order valence-corrected chi connectivity index (χ4v) is 3.47. The first kappa shape index (κ1) is 17.7. The van der Waals surface area contributed by atoms with Crippen molar-refractivity contribution in [2.45, 2.75) is 6.54 Å². The van der Waals surface area contributed by atoms with Gasteiger partial charge in [0.2, 0.25) is 0 Å². The van der Waals surface area contributed by atoms with Crippen LogP contribution in [0.4, 0.5) is 5.69 Å². The monoisotopic (exact) mass is 364 g/mol. The normalized spacial score (nSPS) is 15.1. The molecule has 1 aromatic heterocycles. The zero-order valence-corrected chi connectivity index (χ0v) is 15.5. The van der Waals surface area contributed by atoms with E-state index >= 15 is 0 Å². The summed E-state index contributed by atoms with van der Waals surface area (Å²) in [6.07, 6.45) is 3.49. The Balaban J connectivity index is 1.46. The molecule has 0 bridgehead atoms. The Morgan fingerprint density at radius 3 is 2.74 bits per heavy atom. The minimum Gasteiger partial charge on any atom is -0.379 e. The molecule has 27 heavy (non-hydrogen) atoms. The average molecular weight is 364 g/mol. The van der Waals surface area contributed by atoms with E-state index in [1.807, 2.05) is 48.3 Å². The van der Waals surface area contributed by atoms with Gasteiger partial charge in [-0.3, -0.25) is 14.4 Å². The number of benzene rings is 2. The average Bonchev–Trinajstić information content (AvgIpc) is 3.20. The predicted molar refractivity (Wildman–Crippen MR) is 106 cm³/mol. The standard InChI is InChI=1S/C21H24N4O2/c1-23(20-8-4-6-17-5-2-3-7-19(17)20)21(26)18-15-22-25(16-18)10-9-24-11-13-27-14-12-24/h2-8,15-16H,9-14H2,1H3. The fourth-order valence-electron chi connectivity index (χ4n) is 3.47. The Morgan fingerprint density at radius 1 is 1.11 bits per heavy atom. The van der Waals surface area contributed by atoms with Crippen LogP contribution in [0.2, 0.25) is 0 Å². The van der Waals surface area contributed by atoms with Crippen molar-refractivity contribution < 1.29 is 9.53 Å². The summed E-state index contributed by atoms with van der Waals surface area (Å²) >= 11 is 0. The van der Waals surface area contributed by atoms with Gasteiger partial charge in [-0.05, 0) is 11.5 Å². The number of ether oxygens (including phenoxy) is 1. The highest BCUT2D eigenvalue weighted by Crippen LogP contribution is 2.26. The number of hydrogen-bond acceptors (Lipinski definition) is 4. The molecule has 3 aromatic rings. The van der Waals surface area contributed by atoms with E-state index in [0.717, 1.165) is 55.9 Å². The first-order valence-corrected chi connectivity index (χ1v) is 9.31. The van der Waals surface area contributed by atoms with Gasteiger partial charge in [0.1, 0.15) is 0 Å². The number of carbonyl (C=O) groups excluding carboxylic acids is 1. The van der Waals surface area contributed by atoms with E-state index in [1.54, 1.807) is 11.1 Å². The number of amides is 1. The van der Waals surface area contributed by atoms with E-state index in [-0.39, 0.29) is 5.91 Å². The predicted octanol–water partition coefficient (Wildman–Crippen LogP) is 2.65. The van der Waals surface area contributed by atoms with Crippen LogP contribution in [0.15, 0.2) is 54.9 Å². The fraction of sp³-hybridized carbons (Fsp3) is 0.333. The molecule has 1 amide bonds. The molecule has 0 unspecified atom stereocenters. The van der Waals surface area contributed by atoms with Crippen LogP contribution in [0.1, 0.15) is 10.4 Å². The molecular weight excluding hydrogens is 340 g/mol. The van der Waals surface area contributed by atoms with Crippen molar-refractivity contribution in [3.05, 3.63) is 60.4 Å². The molecule has 2 aromatic carbocycles. The van der Waals surface area contributed by atoms with Crippen LogP contribution in [-0.2, 0) is 11.3 Å². The topological polar surface area (TPSA) is 50.6 Å². The van der Waals surface area contributed by atoms with Crippen LogP contribution in [0.3, 0.4) is 0 Å². The van der Waals surface area contributed by atoms with Crippen molar-refractivity contribution in [1.29, 1.82) is 0 Å². The molecule has 0 saturated carbocycles. The number of rotatable bonds is 5. The van der Waals surface area contributed by atoms with Gasteiger partial charge < -0.3 is 9.64 Å². The molecule has 0 atom stereocenters. The molecule has 0 N–H and O–H groups in total. The summed E-state index contributed by atoms with van der Waals surface area (Å²) in [6.45, 7) is 5.17. The second-order valence-electron chi connectivity index (χ2n) is 6.81. The number of hydrogen-bond donors (Lipinski definition) is 0. The molecule has 6 heteroatoms. The minimum absolute atomic E-state index is 0.0519. The molecule has 140 valence electrons. The van der Waals surface area contributed by atoms with Gasteiger partial charge in [0.25, 0.3) is 5.91 Å². The number of morpholine rings is 1. The third-order valence-corrected chi connectivity index (χ3v) is 5.06. The van der Waals surface area contributed by atoms with E-state index in [9.17, 15) is 4.79 Å². The van der Waals surface area contributed by atoms with Gasteiger partial charge >= 0.3 is 0 Å². The summed E-state index contributed by atoms with van der Waals surface area (Å²) in [4.78, 5) is 17.0. The minimum atomic E-state index is -0.0519.